The monoisotopic (exact) mass is 312 g/mol. The molecule has 2 heterocycles. The van der Waals surface area contributed by atoms with Gasteiger partial charge >= 0.3 is 12.0 Å². The molecule has 1 aromatic heterocycles. The number of carboxylic acid groups (broad SMARTS) is 1. The Bertz CT molecular complexity index is 497. The van der Waals surface area contributed by atoms with Crippen LogP contribution in [0.5, 0.6) is 0 Å². The highest BCUT2D eigenvalue weighted by molar-refractivity contribution is 7.09. The summed E-state index contributed by atoms with van der Waals surface area (Å²) in [5.41, 5.74) is -0.539. The molecule has 21 heavy (non-hydrogen) atoms. The summed E-state index contributed by atoms with van der Waals surface area (Å²) in [7, 11) is 1.78. The molecule has 0 radical (unpaired) electrons. The third-order valence-corrected chi connectivity index (χ3v) is 4.40. The number of likely N-dealkylation sites (tertiary alicyclic amines) is 1. The molecule has 0 atom stereocenters. The molecule has 0 bridgehead atoms. The molecule has 0 aliphatic carbocycles. The molecular weight excluding hydrogens is 292 g/mol. The van der Waals surface area contributed by atoms with Crippen molar-refractivity contribution >= 4 is 23.3 Å². The SMILES string of the molecule is CN(CCc1cccs1)C(=O)N1CC(C)(OCC(=O)O)C1. The lowest BCUT2D eigenvalue weighted by Gasteiger charge is -2.48. The number of amides is 2. The van der Waals surface area contributed by atoms with Gasteiger partial charge in [-0.1, -0.05) is 6.07 Å². The molecule has 1 aromatic rings. The van der Waals surface area contributed by atoms with Crippen LogP contribution in [-0.2, 0) is 16.0 Å². The summed E-state index contributed by atoms with van der Waals surface area (Å²) in [6, 6.07) is 4.02. The van der Waals surface area contributed by atoms with E-state index in [1.54, 1.807) is 28.2 Å². The maximum atomic E-state index is 12.2. The van der Waals surface area contributed by atoms with E-state index in [0.29, 0.717) is 19.6 Å². The first-order chi connectivity index (χ1) is 9.89. The molecule has 1 N–H and O–H groups in total. The molecule has 116 valence electrons. The van der Waals surface area contributed by atoms with Crippen LogP contribution in [0.2, 0.25) is 0 Å². The first kappa shape index (κ1) is 15.8. The summed E-state index contributed by atoms with van der Waals surface area (Å²) in [5, 5.41) is 10.6. The van der Waals surface area contributed by atoms with Gasteiger partial charge in [0.15, 0.2) is 0 Å². The van der Waals surface area contributed by atoms with Crippen LogP contribution in [0, 0.1) is 0 Å². The number of aliphatic carboxylic acids is 1. The van der Waals surface area contributed by atoms with Gasteiger partial charge in [-0.05, 0) is 24.8 Å². The van der Waals surface area contributed by atoms with Crippen molar-refractivity contribution in [1.82, 2.24) is 9.80 Å². The Hall–Kier alpha value is -1.60. The van der Waals surface area contributed by atoms with E-state index in [9.17, 15) is 9.59 Å². The molecule has 2 amide bonds. The predicted octanol–water partition coefficient (Wildman–Crippen LogP) is 1.52. The number of likely N-dealkylation sites (N-methyl/N-ethyl adjacent to an activating group) is 1. The van der Waals surface area contributed by atoms with E-state index in [4.69, 9.17) is 9.84 Å². The van der Waals surface area contributed by atoms with Crippen molar-refractivity contribution in [3.05, 3.63) is 22.4 Å². The Morgan fingerprint density at radius 2 is 2.24 bits per heavy atom. The molecule has 6 nitrogen and oxygen atoms in total. The smallest absolute Gasteiger partial charge is 0.329 e. The van der Waals surface area contributed by atoms with E-state index in [-0.39, 0.29) is 12.6 Å². The van der Waals surface area contributed by atoms with Crippen molar-refractivity contribution in [3.8, 4) is 0 Å². The first-order valence-corrected chi connectivity index (χ1v) is 7.66. The van der Waals surface area contributed by atoms with Gasteiger partial charge in [0, 0.05) is 18.5 Å². The molecule has 1 fully saturated rings. The summed E-state index contributed by atoms with van der Waals surface area (Å²) < 4.78 is 5.30. The first-order valence-electron chi connectivity index (χ1n) is 6.78. The van der Waals surface area contributed by atoms with Crippen molar-refractivity contribution in [1.29, 1.82) is 0 Å². The number of urea groups is 1. The molecule has 0 aromatic carbocycles. The molecular formula is C14H20N2O4S. The van der Waals surface area contributed by atoms with Gasteiger partial charge in [-0.15, -0.1) is 11.3 Å². The number of hydrogen-bond donors (Lipinski definition) is 1. The number of rotatable bonds is 6. The van der Waals surface area contributed by atoms with Crippen LogP contribution in [0.4, 0.5) is 4.79 Å². The van der Waals surface area contributed by atoms with Crippen LogP contribution >= 0.6 is 11.3 Å². The van der Waals surface area contributed by atoms with Crippen LogP contribution in [0.25, 0.3) is 0 Å². The minimum absolute atomic E-state index is 0.0389. The number of ether oxygens (including phenoxy) is 1. The number of nitrogens with zero attached hydrogens (tertiary/aromatic N) is 2. The average Bonchev–Trinajstić information content (AvgIpc) is 2.91. The van der Waals surface area contributed by atoms with Crippen molar-refractivity contribution in [2.75, 3.05) is 33.3 Å². The Balaban J connectivity index is 1.73. The topological polar surface area (TPSA) is 70.1 Å². The maximum absolute atomic E-state index is 12.2. The number of carbonyl (C=O) groups excluding carboxylic acids is 1. The standard InChI is InChI=1S/C14H20N2O4S/c1-14(20-8-12(17)18)9-16(10-14)13(19)15(2)6-5-11-4-3-7-21-11/h3-4,7H,5-6,8-10H2,1-2H3,(H,17,18). The van der Waals surface area contributed by atoms with Crippen molar-refractivity contribution in [2.24, 2.45) is 0 Å². The molecule has 0 spiro atoms. The Labute approximate surface area is 127 Å². The molecule has 1 aliphatic rings. The van der Waals surface area contributed by atoms with E-state index in [1.165, 1.54) is 4.88 Å². The fourth-order valence-corrected chi connectivity index (χ4v) is 2.99. The van der Waals surface area contributed by atoms with Crippen LogP contribution < -0.4 is 0 Å². The summed E-state index contributed by atoms with van der Waals surface area (Å²) in [5.74, 6) is -0.992. The molecule has 1 saturated heterocycles. The van der Waals surface area contributed by atoms with Gasteiger partial charge in [-0.25, -0.2) is 9.59 Å². The zero-order valence-electron chi connectivity index (χ0n) is 12.2. The van der Waals surface area contributed by atoms with E-state index in [0.717, 1.165) is 6.42 Å². The van der Waals surface area contributed by atoms with Crippen LogP contribution in [0.15, 0.2) is 17.5 Å². The van der Waals surface area contributed by atoms with Crippen LogP contribution in [0.1, 0.15) is 11.8 Å². The Kier molecular flexibility index (Phi) is 4.84. The van der Waals surface area contributed by atoms with Gasteiger partial charge in [0.2, 0.25) is 0 Å². The van der Waals surface area contributed by atoms with Gasteiger partial charge in [0.25, 0.3) is 0 Å². The largest absolute Gasteiger partial charge is 0.480 e. The lowest BCUT2D eigenvalue weighted by molar-refractivity contribution is -0.160. The molecule has 1 aliphatic heterocycles. The van der Waals surface area contributed by atoms with E-state index < -0.39 is 11.6 Å². The average molecular weight is 312 g/mol. The van der Waals surface area contributed by atoms with Crippen molar-refractivity contribution in [2.45, 2.75) is 18.9 Å². The number of hydrogen-bond acceptors (Lipinski definition) is 4. The maximum Gasteiger partial charge on any atom is 0.329 e. The van der Waals surface area contributed by atoms with Gasteiger partial charge in [-0.3, -0.25) is 0 Å². The summed E-state index contributed by atoms with van der Waals surface area (Å²) in [6.45, 7) is 3.03. The molecule has 0 saturated carbocycles. The minimum atomic E-state index is -0.992. The molecule has 0 unspecified atom stereocenters. The second kappa shape index (κ2) is 6.44. The summed E-state index contributed by atoms with van der Waals surface area (Å²) in [6.07, 6.45) is 0.848. The van der Waals surface area contributed by atoms with Gasteiger partial charge in [0.1, 0.15) is 12.2 Å². The fraction of sp³-hybridized carbons (Fsp3) is 0.571. The molecule has 7 heteroatoms. The quantitative estimate of drug-likeness (QED) is 0.864. The Morgan fingerprint density at radius 1 is 1.52 bits per heavy atom. The van der Waals surface area contributed by atoms with Crippen molar-refractivity contribution < 1.29 is 19.4 Å². The molecule has 2 rings (SSSR count). The lowest BCUT2D eigenvalue weighted by atomic mass is 9.97. The minimum Gasteiger partial charge on any atom is -0.480 e. The number of carbonyl (C=O) groups is 2. The lowest BCUT2D eigenvalue weighted by Crippen LogP contribution is -2.65. The summed E-state index contributed by atoms with van der Waals surface area (Å²) in [4.78, 5) is 27.3. The zero-order chi connectivity index (χ0) is 15.5. The van der Waals surface area contributed by atoms with E-state index >= 15 is 0 Å². The van der Waals surface area contributed by atoms with Crippen LogP contribution in [-0.4, -0.2) is 65.8 Å². The highest BCUT2D eigenvalue weighted by Crippen LogP contribution is 2.25. The second-order valence-electron chi connectivity index (χ2n) is 5.52. The number of thiophene rings is 1. The highest BCUT2D eigenvalue weighted by atomic mass is 32.1. The summed E-state index contributed by atoms with van der Waals surface area (Å²) >= 11 is 1.69. The second-order valence-corrected chi connectivity index (χ2v) is 6.55. The van der Waals surface area contributed by atoms with Crippen LogP contribution in [0.3, 0.4) is 0 Å². The zero-order valence-corrected chi connectivity index (χ0v) is 13.1. The Morgan fingerprint density at radius 3 is 2.81 bits per heavy atom. The third kappa shape index (κ3) is 4.18. The van der Waals surface area contributed by atoms with Crippen molar-refractivity contribution in [3.63, 3.8) is 0 Å². The predicted molar refractivity (Wildman–Crippen MR) is 79.6 cm³/mol. The normalized spacial score (nSPS) is 16.4. The van der Waals surface area contributed by atoms with Gasteiger partial charge in [0.05, 0.1) is 13.1 Å². The van der Waals surface area contributed by atoms with E-state index in [1.807, 2.05) is 18.4 Å². The van der Waals surface area contributed by atoms with E-state index in [2.05, 4.69) is 6.07 Å². The van der Waals surface area contributed by atoms with Gasteiger partial charge < -0.3 is 19.6 Å². The number of carboxylic acids is 1. The van der Waals surface area contributed by atoms with Gasteiger partial charge in [-0.2, -0.15) is 0 Å². The third-order valence-electron chi connectivity index (χ3n) is 3.47. The fourth-order valence-electron chi connectivity index (χ4n) is 2.29. The highest BCUT2D eigenvalue weighted by Gasteiger charge is 2.43.